The van der Waals surface area contributed by atoms with Crippen LogP contribution in [0.3, 0.4) is 0 Å². The number of anilines is 1. The van der Waals surface area contributed by atoms with Crippen molar-refractivity contribution in [3.8, 4) is 0 Å². The fourth-order valence-electron chi connectivity index (χ4n) is 1.90. The average molecular weight is 386 g/mol. The number of carbonyl (C=O) groups excluding carboxylic acids is 2. The molecule has 0 aliphatic heterocycles. The Morgan fingerprint density at radius 1 is 1.26 bits per heavy atom. The quantitative estimate of drug-likeness (QED) is 0.282. The zero-order valence-corrected chi connectivity index (χ0v) is 13.4. The molecule has 0 fully saturated rings. The van der Waals surface area contributed by atoms with Crippen molar-refractivity contribution >= 4 is 23.5 Å². The minimum Gasteiger partial charge on any atom is -0.379 e. The van der Waals surface area contributed by atoms with E-state index in [0.29, 0.717) is 0 Å². The van der Waals surface area contributed by atoms with Crippen molar-refractivity contribution < 1.29 is 32.2 Å². The van der Waals surface area contributed by atoms with Crippen molar-refractivity contribution in [3.05, 3.63) is 41.6 Å². The van der Waals surface area contributed by atoms with E-state index < -0.39 is 36.4 Å². The van der Waals surface area contributed by atoms with Gasteiger partial charge in [0.05, 0.1) is 12.5 Å². The largest absolute Gasteiger partial charge is 0.471 e. The van der Waals surface area contributed by atoms with Crippen LogP contribution in [-0.4, -0.2) is 34.2 Å². The number of nitrogens with two attached hydrogens (primary N) is 2. The second-order valence-electron chi connectivity index (χ2n) is 5.08. The molecule has 10 nitrogen and oxygen atoms in total. The third-order valence-corrected chi connectivity index (χ3v) is 3.14. The highest BCUT2D eigenvalue weighted by Gasteiger charge is 2.40. The lowest BCUT2D eigenvalue weighted by atomic mass is 10.0. The number of nitrogen functional groups attached to an aromatic ring is 1. The molecule has 0 aliphatic rings. The lowest BCUT2D eigenvalue weighted by Crippen LogP contribution is -2.39. The van der Waals surface area contributed by atoms with E-state index in [1.165, 1.54) is 24.3 Å². The number of hydrogen-bond donors (Lipinski definition) is 3. The SMILES string of the molecule is N/C(=N\OC(=O)C[C@@H](NC(=O)C(F)(F)F)c1ccccc1)c1nonc1N. The van der Waals surface area contributed by atoms with Gasteiger partial charge in [0.1, 0.15) is 0 Å². The highest BCUT2D eigenvalue weighted by Crippen LogP contribution is 2.21. The molecule has 0 saturated carbocycles. The van der Waals surface area contributed by atoms with Crippen molar-refractivity contribution in [2.75, 3.05) is 5.73 Å². The van der Waals surface area contributed by atoms with Gasteiger partial charge < -0.3 is 21.6 Å². The van der Waals surface area contributed by atoms with Crippen LogP contribution in [0.4, 0.5) is 19.0 Å². The number of nitrogens with one attached hydrogen (secondary N) is 1. The number of aromatic nitrogens is 2. The molecular weight excluding hydrogens is 373 g/mol. The molecule has 0 spiro atoms. The van der Waals surface area contributed by atoms with Crippen LogP contribution in [0.5, 0.6) is 0 Å². The van der Waals surface area contributed by atoms with Crippen molar-refractivity contribution in [3.63, 3.8) is 0 Å². The van der Waals surface area contributed by atoms with E-state index in [0.717, 1.165) is 0 Å². The van der Waals surface area contributed by atoms with Crippen molar-refractivity contribution in [1.82, 2.24) is 15.6 Å². The second kappa shape index (κ2) is 8.16. The molecule has 0 unspecified atom stereocenters. The molecule has 0 aliphatic carbocycles. The molecule has 0 bridgehead atoms. The van der Waals surface area contributed by atoms with Crippen molar-refractivity contribution in [2.45, 2.75) is 18.6 Å². The lowest BCUT2D eigenvalue weighted by molar-refractivity contribution is -0.174. The molecule has 5 N–H and O–H groups in total. The summed E-state index contributed by atoms with van der Waals surface area (Å²) >= 11 is 0. The fraction of sp³-hybridized carbons (Fsp3) is 0.214. The fourth-order valence-corrected chi connectivity index (χ4v) is 1.90. The predicted molar refractivity (Wildman–Crippen MR) is 83.5 cm³/mol. The highest BCUT2D eigenvalue weighted by atomic mass is 19.4. The number of benzene rings is 1. The Bertz CT molecular complexity index is 837. The maximum Gasteiger partial charge on any atom is 0.471 e. The average Bonchev–Trinajstić information content (AvgIpc) is 3.05. The lowest BCUT2D eigenvalue weighted by Gasteiger charge is -2.18. The monoisotopic (exact) mass is 386 g/mol. The Labute approximate surface area is 149 Å². The van der Waals surface area contributed by atoms with Gasteiger partial charge in [-0.05, 0) is 15.9 Å². The van der Waals surface area contributed by atoms with Gasteiger partial charge in [0.25, 0.3) is 0 Å². The standard InChI is InChI=1S/C14H13F3N6O4/c15-14(16,17)13(25)20-8(7-4-2-1-3-5-7)6-9(24)26-22-11(18)10-12(19)23-27-21-10/h1-5,8H,6H2,(H2,18,22)(H2,19,23)(H,20,25)/t8-/m1/s1. The maximum atomic E-state index is 12.5. The molecule has 1 atom stereocenters. The molecular formula is C14H13F3N6O4. The summed E-state index contributed by atoms with van der Waals surface area (Å²) in [6.45, 7) is 0. The first-order valence-electron chi connectivity index (χ1n) is 7.23. The number of amidine groups is 1. The molecule has 2 rings (SSSR count). The first-order chi connectivity index (χ1) is 12.7. The number of oxime groups is 1. The number of halogens is 3. The minimum atomic E-state index is -5.11. The van der Waals surface area contributed by atoms with Crippen LogP contribution in [0, 0.1) is 0 Å². The molecule has 1 heterocycles. The van der Waals surface area contributed by atoms with Crippen molar-refractivity contribution in [2.24, 2.45) is 10.9 Å². The number of alkyl halides is 3. The number of carbonyl (C=O) groups is 2. The highest BCUT2D eigenvalue weighted by molar-refractivity contribution is 5.99. The van der Waals surface area contributed by atoms with Gasteiger partial charge in [-0.1, -0.05) is 35.5 Å². The van der Waals surface area contributed by atoms with Gasteiger partial charge >= 0.3 is 18.1 Å². The van der Waals surface area contributed by atoms with Gasteiger partial charge in [-0.15, -0.1) is 0 Å². The molecule has 1 aromatic heterocycles. The van der Waals surface area contributed by atoms with Gasteiger partial charge in [-0.25, -0.2) is 9.42 Å². The van der Waals surface area contributed by atoms with Crippen molar-refractivity contribution in [1.29, 1.82) is 0 Å². The Morgan fingerprint density at radius 3 is 2.48 bits per heavy atom. The number of amides is 1. The smallest absolute Gasteiger partial charge is 0.379 e. The van der Waals surface area contributed by atoms with Crippen LogP contribution in [0.2, 0.25) is 0 Å². The van der Waals surface area contributed by atoms with E-state index >= 15 is 0 Å². The summed E-state index contributed by atoms with van der Waals surface area (Å²) in [6, 6.07) is 6.25. The molecule has 1 amide bonds. The zero-order chi connectivity index (χ0) is 20.0. The molecule has 0 saturated heterocycles. The topological polar surface area (TPSA) is 159 Å². The number of rotatable bonds is 6. The Morgan fingerprint density at radius 2 is 1.93 bits per heavy atom. The minimum absolute atomic E-state index is 0.173. The summed E-state index contributed by atoms with van der Waals surface area (Å²) in [5, 5.41) is 11.6. The first kappa shape index (κ1) is 19.7. The Balaban J connectivity index is 2.09. The normalized spacial score (nSPS) is 13.1. The summed E-state index contributed by atoms with van der Waals surface area (Å²) in [6.07, 6.45) is -5.76. The number of nitrogens with zero attached hydrogens (tertiary/aromatic N) is 3. The van der Waals surface area contributed by atoms with E-state index in [2.05, 4.69) is 24.9 Å². The summed E-state index contributed by atoms with van der Waals surface area (Å²) in [7, 11) is 0. The third-order valence-electron chi connectivity index (χ3n) is 3.14. The molecule has 0 radical (unpaired) electrons. The van der Waals surface area contributed by atoms with Gasteiger partial charge in [0, 0.05) is 0 Å². The molecule has 27 heavy (non-hydrogen) atoms. The molecule has 13 heteroatoms. The third kappa shape index (κ3) is 5.42. The maximum absolute atomic E-state index is 12.5. The summed E-state index contributed by atoms with van der Waals surface area (Å²) in [4.78, 5) is 27.7. The van der Waals surface area contributed by atoms with E-state index in [1.54, 1.807) is 11.4 Å². The van der Waals surface area contributed by atoms with Crippen LogP contribution in [0.15, 0.2) is 40.1 Å². The predicted octanol–water partition coefficient (Wildman–Crippen LogP) is 0.625. The van der Waals surface area contributed by atoms with Crippen LogP contribution >= 0.6 is 0 Å². The van der Waals surface area contributed by atoms with Gasteiger partial charge in [0.15, 0.2) is 17.3 Å². The van der Waals surface area contributed by atoms with Gasteiger partial charge in [-0.2, -0.15) is 13.2 Å². The van der Waals surface area contributed by atoms with Gasteiger partial charge in [0.2, 0.25) is 0 Å². The number of hydrogen-bond acceptors (Lipinski definition) is 8. The van der Waals surface area contributed by atoms with Gasteiger partial charge in [-0.3, -0.25) is 4.79 Å². The Hall–Kier alpha value is -3.64. The van der Waals surface area contributed by atoms with Crippen LogP contribution in [-0.2, 0) is 14.4 Å². The van der Waals surface area contributed by atoms with E-state index in [4.69, 9.17) is 11.5 Å². The Kier molecular flexibility index (Phi) is 5.95. The van der Waals surface area contributed by atoms with E-state index in [-0.39, 0.29) is 17.1 Å². The van der Waals surface area contributed by atoms with Crippen LogP contribution in [0.1, 0.15) is 23.7 Å². The van der Waals surface area contributed by atoms with E-state index in [1.807, 2.05) is 0 Å². The first-order valence-corrected chi connectivity index (χ1v) is 7.23. The molecule has 144 valence electrons. The molecule has 2 aromatic rings. The second-order valence-corrected chi connectivity index (χ2v) is 5.08. The summed E-state index contributed by atoms with van der Waals surface area (Å²) in [5.41, 5.74) is 10.9. The zero-order valence-electron chi connectivity index (χ0n) is 13.4. The van der Waals surface area contributed by atoms with E-state index in [9.17, 15) is 22.8 Å². The van der Waals surface area contributed by atoms with Crippen LogP contribution < -0.4 is 16.8 Å². The molecule has 1 aromatic carbocycles. The summed E-state index contributed by atoms with van der Waals surface area (Å²) in [5.74, 6) is -3.90. The summed E-state index contributed by atoms with van der Waals surface area (Å²) < 4.78 is 41.8. The van der Waals surface area contributed by atoms with Crippen LogP contribution in [0.25, 0.3) is 0 Å².